The second kappa shape index (κ2) is 4.46. The third-order valence-electron chi connectivity index (χ3n) is 1.40. The van der Waals surface area contributed by atoms with E-state index in [1.54, 1.807) is 0 Å². The molecule has 0 aliphatic carbocycles. The zero-order valence-electron chi connectivity index (χ0n) is 5.32. The molecule has 0 aromatic rings. The predicted molar refractivity (Wildman–Crippen MR) is 31.0 cm³/mol. The summed E-state index contributed by atoms with van der Waals surface area (Å²) in [5.74, 6) is 0.675. The molecule has 1 unspecified atom stereocenters. The van der Waals surface area contributed by atoms with Crippen molar-refractivity contribution in [1.29, 1.82) is 0 Å². The van der Waals surface area contributed by atoms with Gasteiger partial charge in [-0.25, -0.2) is 0 Å². The standard InChI is InChI=1S/C6H12N.Zn/c1-6-3-2-4-7-5-6;/h6-7H,1-5H2;/q-1;. The van der Waals surface area contributed by atoms with Crippen molar-refractivity contribution in [3.05, 3.63) is 6.92 Å². The molecular weight excluding hydrogens is 151 g/mol. The van der Waals surface area contributed by atoms with Crippen LogP contribution in [0.5, 0.6) is 0 Å². The second-order valence-electron chi connectivity index (χ2n) is 2.21. The number of nitrogens with one attached hydrogen (secondary N) is 1. The molecule has 1 aliphatic rings. The molecular formula is C6H12NZn-. The van der Waals surface area contributed by atoms with Gasteiger partial charge in [0.25, 0.3) is 0 Å². The van der Waals surface area contributed by atoms with Crippen LogP contribution in [0.4, 0.5) is 0 Å². The molecule has 0 radical (unpaired) electrons. The van der Waals surface area contributed by atoms with E-state index in [4.69, 9.17) is 0 Å². The average molecular weight is 164 g/mol. The normalized spacial score (nSPS) is 28.9. The maximum Gasteiger partial charge on any atom is 0 e. The number of piperidine rings is 1. The maximum absolute atomic E-state index is 3.94. The Kier molecular flexibility index (Phi) is 4.79. The van der Waals surface area contributed by atoms with Gasteiger partial charge in [-0.1, -0.05) is 6.42 Å². The van der Waals surface area contributed by atoms with Gasteiger partial charge in [0, 0.05) is 19.5 Å². The Morgan fingerprint density at radius 3 is 2.50 bits per heavy atom. The molecule has 0 saturated carbocycles. The Morgan fingerprint density at radius 2 is 2.25 bits per heavy atom. The van der Waals surface area contributed by atoms with Gasteiger partial charge >= 0.3 is 0 Å². The van der Waals surface area contributed by atoms with E-state index in [1.807, 2.05) is 0 Å². The third-order valence-corrected chi connectivity index (χ3v) is 1.40. The zero-order valence-corrected chi connectivity index (χ0v) is 8.29. The van der Waals surface area contributed by atoms with Gasteiger partial charge in [0.2, 0.25) is 0 Å². The zero-order chi connectivity index (χ0) is 5.11. The SMILES string of the molecule is [CH2-]C1CCCNC1.[Zn]. The molecule has 44 valence electrons. The van der Waals surface area contributed by atoms with Crippen LogP contribution in [0.3, 0.4) is 0 Å². The minimum Gasteiger partial charge on any atom is -0.339 e. The summed E-state index contributed by atoms with van der Waals surface area (Å²) in [6.07, 6.45) is 2.63. The molecule has 1 fully saturated rings. The fourth-order valence-electron chi connectivity index (χ4n) is 0.924. The van der Waals surface area contributed by atoms with Gasteiger partial charge < -0.3 is 12.2 Å². The molecule has 1 nitrogen and oxygen atoms in total. The third kappa shape index (κ3) is 2.79. The Hall–Kier alpha value is 0.583. The maximum atomic E-state index is 3.94. The summed E-state index contributed by atoms with van der Waals surface area (Å²) < 4.78 is 0. The second-order valence-corrected chi connectivity index (χ2v) is 2.21. The minimum atomic E-state index is 0. The molecule has 1 saturated heterocycles. The van der Waals surface area contributed by atoms with E-state index in [9.17, 15) is 0 Å². The molecule has 0 bridgehead atoms. The molecule has 2 heteroatoms. The van der Waals surface area contributed by atoms with E-state index < -0.39 is 0 Å². The van der Waals surface area contributed by atoms with Crippen LogP contribution in [0.2, 0.25) is 0 Å². The van der Waals surface area contributed by atoms with Gasteiger partial charge in [-0.05, 0) is 19.5 Å². The fraction of sp³-hybridized carbons (Fsp3) is 0.833. The van der Waals surface area contributed by atoms with Gasteiger partial charge in [0.05, 0.1) is 0 Å². The van der Waals surface area contributed by atoms with Crippen molar-refractivity contribution in [2.75, 3.05) is 13.1 Å². The van der Waals surface area contributed by atoms with Crippen molar-refractivity contribution in [2.24, 2.45) is 5.92 Å². The largest absolute Gasteiger partial charge is 0.339 e. The number of rotatable bonds is 0. The molecule has 0 spiro atoms. The van der Waals surface area contributed by atoms with Crippen molar-refractivity contribution in [3.8, 4) is 0 Å². The van der Waals surface area contributed by atoms with Crippen molar-refractivity contribution in [2.45, 2.75) is 12.8 Å². The first kappa shape index (κ1) is 8.58. The van der Waals surface area contributed by atoms with Crippen LogP contribution in [0.1, 0.15) is 12.8 Å². The van der Waals surface area contributed by atoms with E-state index >= 15 is 0 Å². The monoisotopic (exact) mass is 162 g/mol. The summed E-state index contributed by atoms with van der Waals surface area (Å²) >= 11 is 0. The minimum absolute atomic E-state index is 0. The molecule has 1 rings (SSSR count). The molecule has 1 atom stereocenters. The van der Waals surface area contributed by atoms with Gasteiger partial charge in [-0.3, -0.25) is 0 Å². The van der Waals surface area contributed by atoms with E-state index in [0.29, 0.717) is 5.92 Å². The van der Waals surface area contributed by atoms with E-state index in [0.717, 1.165) is 6.54 Å². The van der Waals surface area contributed by atoms with Gasteiger partial charge in [0.1, 0.15) is 0 Å². The van der Waals surface area contributed by atoms with Crippen molar-refractivity contribution < 1.29 is 19.5 Å². The number of hydrogen-bond donors (Lipinski definition) is 1. The predicted octanol–water partition coefficient (Wildman–Crippen LogP) is 0.818. The number of hydrogen-bond acceptors (Lipinski definition) is 1. The first-order valence-electron chi connectivity index (χ1n) is 2.93. The van der Waals surface area contributed by atoms with Crippen LogP contribution >= 0.6 is 0 Å². The van der Waals surface area contributed by atoms with Gasteiger partial charge in [-0.15, -0.1) is 0 Å². The average Bonchev–Trinajstić information content (AvgIpc) is 1.69. The van der Waals surface area contributed by atoms with E-state index in [1.165, 1.54) is 19.4 Å². The van der Waals surface area contributed by atoms with Crippen molar-refractivity contribution >= 4 is 0 Å². The van der Waals surface area contributed by atoms with Crippen LogP contribution in [-0.2, 0) is 19.5 Å². The molecule has 1 aliphatic heterocycles. The molecule has 0 aromatic carbocycles. The van der Waals surface area contributed by atoms with Crippen molar-refractivity contribution in [3.63, 3.8) is 0 Å². The van der Waals surface area contributed by atoms with Crippen LogP contribution in [-0.4, -0.2) is 13.1 Å². The van der Waals surface area contributed by atoms with E-state index in [2.05, 4.69) is 12.2 Å². The van der Waals surface area contributed by atoms with Gasteiger partial charge in [-0.2, -0.15) is 5.92 Å². The first-order valence-corrected chi connectivity index (χ1v) is 2.93. The van der Waals surface area contributed by atoms with E-state index in [-0.39, 0.29) is 19.5 Å². The Labute approximate surface area is 64.0 Å². The summed E-state index contributed by atoms with van der Waals surface area (Å²) in [5.41, 5.74) is 0. The molecule has 8 heavy (non-hydrogen) atoms. The Balaban J connectivity index is 0.000000490. The summed E-state index contributed by atoms with van der Waals surface area (Å²) in [7, 11) is 0. The van der Waals surface area contributed by atoms with Crippen LogP contribution in [0.25, 0.3) is 0 Å². The summed E-state index contributed by atoms with van der Waals surface area (Å²) in [4.78, 5) is 0. The summed E-state index contributed by atoms with van der Waals surface area (Å²) in [6.45, 7) is 6.26. The Bertz CT molecular complexity index is 50.5. The summed E-state index contributed by atoms with van der Waals surface area (Å²) in [5, 5.41) is 3.27. The van der Waals surface area contributed by atoms with Crippen molar-refractivity contribution in [1.82, 2.24) is 5.32 Å². The molecule has 1 N–H and O–H groups in total. The topological polar surface area (TPSA) is 12.0 Å². The molecule has 1 heterocycles. The Morgan fingerprint density at radius 1 is 1.50 bits per heavy atom. The smallest absolute Gasteiger partial charge is 0 e. The molecule has 0 aromatic heterocycles. The quantitative estimate of drug-likeness (QED) is 0.412. The fourth-order valence-corrected chi connectivity index (χ4v) is 0.924. The van der Waals surface area contributed by atoms with Crippen LogP contribution in [0, 0.1) is 12.8 Å². The van der Waals surface area contributed by atoms with Crippen LogP contribution < -0.4 is 5.32 Å². The molecule has 0 amide bonds. The van der Waals surface area contributed by atoms with Crippen LogP contribution in [0.15, 0.2) is 0 Å². The van der Waals surface area contributed by atoms with Gasteiger partial charge in [0.15, 0.2) is 0 Å². The first-order chi connectivity index (χ1) is 3.39. The summed E-state index contributed by atoms with van der Waals surface area (Å²) in [6, 6.07) is 0.